The zero-order valence-corrected chi connectivity index (χ0v) is 4.79. The first-order valence-corrected chi connectivity index (χ1v) is 2.67. The number of rotatable bonds is 0. The Morgan fingerprint density at radius 3 is 2.89 bits per heavy atom. The summed E-state index contributed by atoms with van der Waals surface area (Å²) in [6.07, 6.45) is -1.33. The van der Waals surface area contributed by atoms with Crippen LogP contribution in [0.2, 0.25) is 0 Å². The van der Waals surface area contributed by atoms with Crippen LogP contribution in [0.5, 0.6) is 0 Å². The molecule has 1 saturated heterocycles. The van der Waals surface area contributed by atoms with E-state index in [4.69, 9.17) is 10.8 Å². The number of carbonyl (C=O) groups is 1. The lowest BCUT2D eigenvalue weighted by Crippen LogP contribution is -2.60. The fourth-order valence-corrected chi connectivity index (χ4v) is 0.716. The van der Waals surface area contributed by atoms with Crippen molar-refractivity contribution in [2.24, 2.45) is 5.73 Å². The lowest BCUT2D eigenvalue weighted by molar-refractivity contribution is -0.127. The molecule has 0 aromatic rings. The molecule has 0 aliphatic carbocycles. The second-order valence-corrected chi connectivity index (χ2v) is 1.93. The fraction of sp³-hybridized carbons (Fsp3) is 0.750. The van der Waals surface area contributed by atoms with Crippen LogP contribution >= 0.6 is 0 Å². The number of nitrogens with one attached hydrogen (secondary N) is 2. The minimum absolute atomic E-state index is 0.0771. The van der Waals surface area contributed by atoms with Crippen LogP contribution < -0.4 is 16.4 Å². The zero-order chi connectivity index (χ0) is 6.85. The largest absolute Gasteiger partial charge is 0.378 e. The van der Waals surface area contributed by atoms with Crippen LogP contribution in [0.15, 0.2) is 0 Å². The Hall–Kier alpha value is -0.650. The fourth-order valence-electron chi connectivity index (χ4n) is 0.716. The first-order valence-electron chi connectivity index (χ1n) is 2.67. The van der Waals surface area contributed by atoms with Crippen LogP contribution in [-0.4, -0.2) is 23.5 Å². The van der Waals surface area contributed by atoms with Gasteiger partial charge in [0, 0.05) is 0 Å². The molecule has 1 aliphatic heterocycles. The lowest BCUT2D eigenvalue weighted by atomic mass is 10.3. The molecule has 1 heterocycles. The molecule has 2 atom stereocenters. The Labute approximate surface area is 52.2 Å². The molecule has 2 unspecified atom stereocenters. The van der Waals surface area contributed by atoms with E-state index in [2.05, 4.69) is 10.6 Å². The summed E-state index contributed by atoms with van der Waals surface area (Å²) in [4.78, 5) is 10.5. The van der Waals surface area contributed by atoms with E-state index in [1.54, 1.807) is 0 Å². The number of hydrogen-bond acceptors (Lipinski definition) is 4. The Balaban J connectivity index is 2.43. The summed E-state index contributed by atoms with van der Waals surface area (Å²) in [5, 5.41) is 13.7. The van der Waals surface area contributed by atoms with Gasteiger partial charge < -0.3 is 10.4 Å². The summed E-state index contributed by atoms with van der Waals surface area (Å²) >= 11 is 0. The van der Waals surface area contributed by atoms with Gasteiger partial charge in [-0.05, 0) is 0 Å². The van der Waals surface area contributed by atoms with Crippen molar-refractivity contribution in [2.75, 3.05) is 0 Å². The van der Waals surface area contributed by atoms with Gasteiger partial charge in [-0.3, -0.25) is 15.8 Å². The van der Waals surface area contributed by atoms with Crippen LogP contribution in [0.25, 0.3) is 0 Å². The molecule has 1 rings (SSSR count). The van der Waals surface area contributed by atoms with Crippen molar-refractivity contribution in [3.05, 3.63) is 0 Å². The molecule has 0 spiro atoms. The van der Waals surface area contributed by atoms with Gasteiger partial charge in [0.05, 0.1) is 6.42 Å². The van der Waals surface area contributed by atoms with Crippen LogP contribution in [0, 0.1) is 0 Å². The Kier molecular flexibility index (Phi) is 1.65. The third-order valence-corrected chi connectivity index (χ3v) is 1.07. The molecule has 1 aliphatic rings. The minimum Gasteiger partial charge on any atom is -0.378 e. The summed E-state index contributed by atoms with van der Waals surface area (Å²) in [7, 11) is 0. The van der Waals surface area contributed by atoms with E-state index in [-0.39, 0.29) is 12.3 Å². The van der Waals surface area contributed by atoms with E-state index in [1.807, 2.05) is 0 Å². The number of nitrogens with two attached hydrogens (primary N) is 1. The van der Waals surface area contributed by atoms with Crippen LogP contribution in [0.4, 0.5) is 0 Å². The average Bonchev–Trinajstić information content (AvgIpc) is 1.59. The first kappa shape index (κ1) is 6.47. The van der Waals surface area contributed by atoms with Gasteiger partial charge in [0.2, 0.25) is 5.91 Å². The highest BCUT2D eigenvalue weighted by molar-refractivity contribution is 5.77. The first-order chi connectivity index (χ1) is 4.18. The number of hydrogen-bond donors (Lipinski definition) is 4. The van der Waals surface area contributed by atoms with Crippen molar-refractivity contribution in [3.8, 4) is 0 Å². The molecule has 1 amide bonds. The second-order valence-electron chi connectivity index (χ2n) is 1.93. The van der Waals surface area contributed by atoms with Gasteiger partial charge in [-0.1, -0.05) is 0 Å². The van der Waals surface area contributed by atoms with Gasteiger partial charge in [-0.25, -0.2) is 0 Å². The maximum atomic E-state index is 10.5. The summed E-state index contributed by atoms with van der Waals surface area (Å²) in [6, 6.07) is 0. The van der Waals surface area contributed by atoms with Gasteiger partial charge >= 0.3 is 0 Å². The third-order valence-electron chi connectivity index (χ3n) is 1.07. The van der Waals surface area contributed by atoms with Crippen LogP contribution in [0.3, 0.4) is 0 Å². The predicted molar refractivity (Wildman–Crippen MR) is 29.9 cm³/mol. The highest BCUT2D eigenvalue weighted by atomic mass is 16.3. The Morgan fingerprint density at radius 2 is 2.44 bits per heavy atom. The van der Waals surface area contributed by atoms with E-state index in [9.17, 15) is 4.79 Å². The van der Waals surface area contributed by atoms with Gasteiger partial charge in [-0.2, -0.15) is 0 Å². The topological polar surface area (TPSA) is 87.4 Å². The molecule has 9 heavy (non-hydrogen) atoms. The SMILES string of the molecule is NC1NC(=O)CC(O)N1. The van der Waals surface area contributed by atoms with Gasteiger partial charge in [0.15, 0.2) is 0 Å². The Bertz CT molecular complexity index is 115. The number of aliphatic hydroxyl groups excluding tert-OH is 1. The van der Waals surface area contributed by atoms with Gasteiger partial charge in [0.1, 0.15) is 12.5 Å². The monoisotopic (exact) mass is 131 g/mol. The van der Waals surface area contributed by atoms with Gasteiger partial charge in [0.25, 0.3) is 0 Å². The van der Waals surface area contributed by atoms with E-state index >= 15 is 0 Å². The predicted octanol–water partition coefficient (Wildman–Crippen LogP) is -2.34. The molecule has 0 aromatic carbocycles. The normalized spacial score (nSPS) is 36.0. The van der Waals surface area contributed by atoms with Crippen molar-refractivity contribution in [1.82, 2.24) is 10.6 Å². The third kappa shape index (κ3) is 1.63. The van der Waals surface area contributed by atoms with Crippen molar-refractivity contribution in [3.63, 3.8) is 0 Å². The summed E-state index contributed by atoms with van der Waals surface area (Å²) in [5.41, 5.74) is 5.21. The van der Waals surface area contributed by atoms with E-state index < -0.39 is 12.5 Å². The van der Waals surface area contributed by atoms with Crippen molar-refractivity contribution in [1.29, 1.82) is 0 Å². The summed E-state index contributed by atoms with van der Waals surface area (Å²) < 4.78 is 0. The van der Waals surface area contributed by atoms with Gasteiger partial charge in [-0.15, -0.1) is 0 Å². The van der Waals surface area contributed by atoms with Crippen LogP contribution in [-0.2, 0) is 4.79 Å². The van der Waals surface area contributed by atoms with Crippen molar-refractivity contribution < 1.29 is 9.90 Å². The second kappa shape index (κ2) is 2.30. The molecule has 5 heteroatoms. The number of carbonyl (C=O) groups excluding carboxylic acids is 1. The van der Waals surface area contributed by atoms with Crippen LogP contribution in [0.1, 0.15) is 6.42 Å². The maximum absolute atomic E-state index is 10.5. The molecule has 0 saturated carbocycles. The molecule has 5 N–H and O–H groups in total. The zero-order valence-electron chi connectivity index (χ0n) is 4.79. The average molecular weight is 131 g/mol. The molecule has 52 valence electrons. The minimum atomic E-state index is -0.797. The summed E-state index contributed by atoms with van der Waals surface area (Å²) in [5.74, 6) is -0.228. The van der Waals surface area contributed by atoms with Crippen molar-refractivity contribution in [2.45, 2.75) is 18.9 Å². The molecule has 0 bridgehead atoms. The quantitative estimate of drug-likeness (QED) is 0.296. The number of aliphatic hydroxyl groups is 1. The smallest absolute Gasteiger partial charge is 0.226 e. The number of amides is 1. The van der Waals surface area contributed by atoms with Crippen molar-refractivity contribution >= 4 is 5.91 Å². The molecule has 0 aromatic heterocycles. The highest BCUT2D eigenvalue weighted by Gasteiger charge is 2.20. The molecular weight excluding hydrogens is 122 g/mol. The Morgan fingerprint density at radius 1 is 1.78 bits per heavy atom. The highest BCUT2D eigenvalue weighted by Crippen LogP contribution is 1.92. The summed E-state index contributed by atoms with van der Waals surface area (Å²) in [6.45, 7) is 0. The lowest BCUT2D eigenvalue weighted by Gasteiger charge is -2.24. The van der Waals surface area contributed by atoms with E-state index in [0.717, 1.165) is 0 Å². The molecule has 5 nitrogen and oxygen atoms in total. The molecular formula is C4H9N3O2. The molecule has 0 radical (unpaired) electrons. The van der Waals surface area contributed by atoms with E-state index in [1.165, 1.54) is 0 Å². The van der Waals surface area contributed by atoms with E-state index in [0.29, 0.717) is 0 Å². The molecule has 1 fully saturated rings. The maximum Gasteiger partial charge on any atom is 0.226 e. The standard InChI is InChI=1S/C4H9N3O2/c5-4-6-2(8)1-3(9)7-4/h2,4,6,8H,1,5H2,(H,7,9).